The van der Waals surface area contributed by atoms with E-state index < -0.39 is 0 Å². The van der Waals surface area contributed by atoms with Crippen LogP contribution >= 0.6 is 0 Å². The van der Waals surface area contributed by atoms with E-state index in [2.05, 4.69) is 26.9 Å². The van der Waals surface area contributed by atoms with Crippen molar-refractivity contribution in [1.82, 2.24) is 15.0 Å². The van der Waals surface area contributed by atoms with E-state index >= 15 is 0 Å². The first-order valence-electron chi connectivity index (χ1n) is 8.76. The Labute approximate surface area is 132 Å². The van der Waals surface area contributed by atoms with Crippen LogP contribution in [-0.2, 0) is 11.2 Å². The zero-order valence-electron chi connectivity index (χ0n) is 13.7. The second-order valence-electron chi connectivity index (χ2n) is 6.39. The SMILES string of the molecule is CCCc1nc(N2CCCO[C@H](CN3CCCCC3)C2)no1. The molecule has 6 nitrogen and oxygen atoms in total. The van der Waals surface area contributed by atoms with E-state index in [0.29, 0.717) is 0 Å². The van der Waals surface area contributed by atoms with Crippen molar-refractivity contribution < 1.29 is 9.26 Å². The first-order valence-corrected chi connectivity index (χ1v) is 8.76. The number of aromatic nitrogens is 2. The number of hydrogen-bond donors (Lipinski definition) is 0. The van der Waals surface area contributed by atoms with E-state index in [1.54, 1.807) is 0 Å². The van der Waals surface area contributed by atoms with Gasteiger partial charge in [-0.15, -0.1) is 0 Å². The van der Waals surface area contributed by atoms with Gasteiger partial charge in [0.1, 0.15) is 0 Å². The van der Waals surface area contributed by atoms with Gasteiger partial charge in [-0.1, -0.05) is 13.3 Å². The summed E-state index contributed by atoms with van der Waals surface area (Å²) in [7, 11) is 0. The van der Waals surface area contributed by atoms with Crippen LogP contribution in [0.5, 0.6) is 0 Å². The molecule has 0 amide bonds. The molecule has 2 aliphatic rings. The third-order valence-corrected chi connectivity index (χ3v) is 4.46. The van der Waals surface area contributed by atoms with Gasteiger partial charge in [0.15, 0.2) is 0 Å². The summed E-state index contributed by atoms with van der Waals surface area (Å²) in [5, 5.41) is 4.15. The molecule has 3 heterocycles. The minimum Gasteiger partial charge on any atom is -0.375 e. The smallest absolute Gasteiger partial charge is 0.266 e. The third kappa shape index (κ3) is 4.20. The van der Waals surface area contributed by atoms with Crippen LogP contribution in [0.1, 0.15) is 44.9 Å². The summed E-state index contributed by atoms with van der Waals surface area (Å²) in [6.07, 6.45) is 7.17. The second kappa shape index (κ2) is 7.92. The monoisotopic (exact) mass is 308 g/mol. The van der Waals surface area contributed by atoms with Gasteiger partial charge in [-0.05, 0) is 43.9 Å². The maximum absolute atomic E-state index is 6.04. The van der Waals surface area contributed by atoms with Crippen LogP contribution in [0, 0.1) is 0 Å². The summed E-state index contributed by atoms with van der Waals surface area (Å²) >= 11 is 0. The summed E-state index contributed by atoms with van der Waals surface area (Å²) < 4.78 is 11.4. The zero-order valence-corrected chi connectivity index (χ0v) is 13.7. The average Bonchev–Trinajstić information content (AvgIpc) is 2.88. The van der Waals surface area contributed by atoms with E-state index in [1.165, 1.54) is 32.4 Å². The topological polar surface area (TPSA) is 54.6 Å². The van der Waals surface area contributed by atoms with Crippen molar-refractivity contribution in [2.24, 2.45) is 0 Å². The first-order chi connectivity index (χ1) is 10.8. The van der Waals surface area contributed by atoms with Gasteiger partial charge in [0, 0.05) is 32.7 Å². The van der Waals surface area contributed by atoms with Crippen molar-refractivity contribution in [3.05, 3.63) is 5.89 Å². The molecule has 0 N–H and O–H groups in total. The van der Waals surface area contributed by atoms with Crippen LogP contribution in [0.4, 0.5) is 5.95 Å². The highest BCUT2D eigenvalue weighted by Crippen LogP contribution is 2.17. The number of rotatable bonds is 5. The molecule has 0 radical (unpaired) electrons. The van der Waals surface area contributed by atoms with Gasteiger partial charge in [0.2, 0.25) is 5.89 Å². The lowest BCUT2D eigenvalue weighted by Gasteiger charge is -2.31. The lowest BCUT2D eigenvalue weighted by molar-refractivity contribution is 0.0349. The van der Waals surface area contributed by atoms with Crippen molar-refractivity contribution >= 4 is 5.95 Å². The summed E-state index contributed by atoms with van der Waals surface area (Å²) in [5.74, 6) is 1.48. The fraction of sp³-hybridized carbons (Fsp3) is 0.875. The van der Waals surface area contributed by atoms with Crippen LogP contribution < -0.4 is 4.90 Å². The van der Waals surface area contributed by atoms with Crippen LogP contribution in [0.3, 0.4) is 0 Å². The number of anilines is 1. The molecule has 3 rings (SSSR count). The Balaban J connectivity index is 1.58. The molecule has 6 heteroatoms. The Morgan fingerprint density at radius 2 is 2.00 bits per heavy atom. The summed E-state index contributed by atoms with van der Waals surface area (Å²) in [4.78, 5) is 9.29. The molecule has 0 unspecified atom stereocenters. The maximum Gasteiger partial charge on any atom is 0.266 e. The summed E-state index contributed by atoms with van der Waals surface area (Å²) in [6, 6.07) is 0. The molecule has 2 aliphatic heterocycles. The van der Waals surface area contributed by atoms with Gasteiger partial charge in [-0.25, -0.2) is 0 Å². The fourth-order valence-corrected chi connectivity index (χ4v) is 3.31. The molecule has 2 saturated heterocycles. The number of aryl methyl sites for hydroxylation is 1. The Morgan fingerprint density at radius 3 is 2.82 bits per heavy atom. The lowest BCUT2D eigenvalue weighted by atomic mass is 10.1. The molecule has 0 aromatic carbocycles. The van der Waals surface area contributed by atoms with Crippen molar-refractivity contribution in [1.29, 1.82) is 0 Å². The molecule has 1 atom stereocenters. The Kier molecular flexibility index (Phi) is 5.67. The molecule has 0 saturated carbocycles. The minimum atomic E-state index is 0.244. The molecule has 0 aliphatic carbocycles. The third-order valence-electron chi connectivity index (χ3n) is 4.46. The Hall–Kier alpha value is -1.14. The lowest BCUT2D eigenvalue weighted by Crippen LogP contribution is -2.42. The second-order valence-corrected chi connectivity index (χ2v) is 6.39. The molecule has 124 valence electrons. The number of hydrogen-bond acceptors (Lipinski definition) is 6. The van der Waals surface area contributed by atoms with Crippen LogP contribution in [-0.4, -0.2) is 60.5 Å². The number of ether oxygens (including phenoxy) is 1. The largest absolute Gasteiger partial charge is 0.375 e. The van der Waals surface area contributed by atoms with Crippen molar-refractivity contribution in [2.75, 3.05) is 44.2 Å². The highest BCUT2D eigenvalue weighted by atomic mass is 16.5. The van der Waals surface area contributed by atoms with Crippen molar-refractivity contribution in [3.63, 3.8) is 0 Å². The zero-order chi connectivity index (χ0) is 15.2. The van der Waals surface area contributed by atoms with Crippen LogP contribution in [0.2, 0.25) is 0 Å². The predicted octanol–water partition coefficient (Wildman–Crippen LogP) is 2.10. The van der Waals surface area contributed by atoms with Gasteiger partial charge in [-0.2, -0.15) is 4.98 Å². The van der Waals surface area contributed by atoms with Crippen molar-refractivity contribution in [2.45, 2.75) is 51.6 Å². The average molecular weight is 308 g/mol. The van der Waals surface area contributed by atoms with E-state index in [0.717, 1.165) is 57.3 Å². The molecule has 0 bridgehead atoms. The molecule has 2 fully saturated rings. The predicted molar refractivity (Wildman–Crippen MR) is 85.2 cm³/mol. The highest BCUT2D eigenvalue weighted by Gasteiger charge is 2.24. The molecule has 0 spiro atoms. The molecule has 22 heavy (non-hydrogen) atoms. The standard InChI is InChI=1S/C16H28N4O2/c1-2-7-15-17-16(18-22-15)20-10-6-11-21-14(13-20)12-19-8-4-3-5-9-19/h14H,2-13H2,1H3/t14-/m1/s1. The van der Waals surface area contributed by atoms with E-state index in [9.17, 15) is 0 Å². The number of piperidine rings is 1. The van der Waals surface area contributed by atoms with Gasteiger partial charge in [0.05, 0.1) is 6.10 Å². The normalized spacial score (nSPS) is 24.4. The minimum absolute atomic E-state index is 0.244. The molecule has 1 aromatic heterocycles. The van der Waals surface area contributed by atoms with Gasteiger partial charge < -0.3 is 19.1 Å². The van der Waals surface area contributed by atoms with Gasteiger partial charge >= 0.3 is 0 Å². The van der Waals surface area contributed by atoms with Gasteiger partial charge in [-0.3, -0.25) is 0 Å². The number of nitrogens with zero attached hydrogens (tertiary/aromatic N) is 4. The maximum atomic E-state index is 6.04. The van der Waals surface area contributed by atoms with E-state index in [1.807, 2.05) is 0 Å². The Bertz CT molecular complexity index is 445. The number of likely N-dealkylation sites (tertiary alicyclic amines) is 1. The summed E-state index contributed by atoms with van der Waals surface area (Å²) in [5.41, 5.74) is 0. The summed E-state index contributed by atoms with van der Waals surface area (Å²) in [6.45, 7) is 8.21. The molecular weight excluding hydrogens is 280 g/mol. The highest BCUT2D eigenvalue weighted by molar-refractivity contribution is 5.28. The Morgan fingerprint density at radius 1 is 1.14 bits per heavy atom. The first kappa shape index (κ1) is 15.7. The molecule has 1 aromatic rings. The quantitative estimate of drug-likeness (QED) is 0.830. The fourth-order valence-electron chi connectivity index (χ4n) is 3.31. The molecular formula is C16H28N4O2. The van der Waals surface area contributed by atoms with E-state index in [4.69, 9.17) is 9.26 Å². The van der Waals surface area contributed by atoms with E-state index in [-0.39, 0.29) is 6.10 Å². The van der Waals surface area contributed by atoms with Crippen LogP contribution in [0.25, 0.3) is 0 Å². The van der Waals surface area contributed by atoms with Crippen LogP contribution in [0.15, 0.2) is 4.52 Å². The van der Waals surface area contributed by atoms with Gasteiger partial charge in [0.25, 0.3) is 5.95 Å². The van der Waals surface area contributed by atoms with Crippen molar-refractivity contribution in [3.8, 4) is 0 Å².